The Hall–Kier alpha value is -3.39. The minimum absolute atomic E-state index is 0.407. The normalized spacial score (nSPS) is 10.2. The average molecular weight is 317 g/mol. The Kier molecular flexibility index (Phi) is 4.13. The number of nitriles is 1. The summed E-state index contributed by atoms with van der Waals surface area (Å²) in [5.74, 6) is 0.208. The van der Waals surface area contributed by atoms with Crippen LogP contribution in [0, 0.1) is 11.3 Å². The van der Waals surface area contributed by atoms with Crippen molar-refractivity contribution in [3.8, 4) is 17.2 Å². The molecule has 0 aliphatic heterocycles. The number of fused-ring (bicyclic) bond motifs is 1. The van der Waals surface area contributed by atoms with E-state index in [4.69, 9.17) is 10.00 Å². The fourth-order valence-corrected chi connectivity index (χ4v) is 2.72. The number of benzene rings is 2. The monoisotopic (exact) mass is 317 g/mol. The van der Waals surface area contributed by atoms with Crippen molar-refractivity contribution in [2.75, 3.05) is 19.5 Å². The lowest BCUT2D eigenvalue weighted by Gasteiger charge is -2.13. The first-order valence-corrected chi connectivity index (χ1v) is 7.38. The van der Waals surface area contributed by atoms with Gasteiger partial charge in [-0.2, -0.15) is 5.26 Å². The van der Waals surface area contributed by atoms with Crippen LogP contribution in [-0.4, -0.2) is 25.1 Å². The Labute approximate surface area is 139 Å². The van der Waals surface area contributed by atoms with Crippen LogP contribution in [0.15, 0.2) is 48.7 Å². The van der Waals surface area contributed by atoms with Crippen molar-refractivity contribution in [3.63, 3.8) is 0 Å². The number of rotatable bonds is 3. The summed E-state index contributed by atoms with van der Waals surface area (Å²) in [6, 6.07) is 14.9. The van der Waals surface area contributed by atoms with Gasteiger partial charge >= 0.3 is 5.97 Å². The molecule has 0 atom stereocenters. The lowest BCUT2D eigenvalue weighted by molar-refractivity contribution is 0.0603. The number of pyridine rings is 1. The fraction of sp³-hybridized carbons (Fsp3) is 0.105. The van der Waals surface area contributed by atoms with Crippen LogP contribution in [0.4, 0.5) is 5.82 Å². The molecule has 0 fully saturated rings. The molecular formula is C19H15N3O2. The second-order valence-electron chi connectivity index (χ2n) is 5.18. The number of anilines is 1. The number of nitrogens with one attached hydrogen (secondary N) is 1. The van der Waals surface area contributed by atoms with Gasteiger partial charge in [-0.15, -0.1) is 0 Å². The van der Waals surface area contributed by atoms with Crippen LogP contribution >= 0.6 is 0 Å². The van der Waals surface area contributed by atoms with Gasteiger partial charge in [0.1, 0.15) is 5.82 Å². The number of esters is 1. The molecule has 0 radical (unpaired) electrons. The lowest BCUT2D eigenvalue weighted by atomic mass is 9.97. The lowest BCUT2D eigenvalue weighted by Crippen LogP contribution is -2.05. The number of hydrogen-bond donors (Lipinski definition) is 1. The van der Waals surface area contributed by atoms with Gasteiger partial charge in [0.25, 0.3) is 0 Å². The zero-order valence-corrected chi connectivity index (χ0v) is 13.3. The Morgan fingerprint density at radius 2 is 1.96 bits per heavy atom. The van der Waals surface area contributed by atoms with E-state index in [1.54, 1.807) is 31.4 Å². The van der Waals surface area contributed by atoms with E-state index in [2.05, 4.69) is 16.4 Å². The van der Waals surface area contributed by atoms with E-state index in [1.807, 2.05) is 24.3 Å². The fourth-order valence-electron chi connectivity index (χ4n) is 2.72. The van der Waals surface area contributed by atoms with Gasteiger partial charge in [0.15, 0.2) is 0 Å². The van der Waals surface area contributed by atoms with Crippen molar-refractivity contribution in [3.05, 3.63) is 59.8 Å². The molecule has 2 aromatic carbocycles. The quantitative estimate of drug-likeness (QED) is 0.747. The third-order valence-electron chi connectivity index (χ3n) is 3.88. The standard InChI is InChI=1S/C19H15N3O2/c1-21-18-17-14(4-3-5-15(17)19(23)24-2)16(11-22-18)13-8-6-12(10-20)7-9-13/h3-9,11H,1-2H3,(H,21,22). The Morgan fingerprint density at radius 1 is 1.21 bits per heavy atom. The highest BCUT2D eigenvalue weighted by atomic mass is 16.5. The molecule has 5 nitrogen and oxygen atoms in total. The third-order valence-corrected chi connectivity index (χ3v) is 3.88. The predicted octanol–water partition coefficient (Wildman–Crippen LogP) is 3.60. The molecule has 0 saturated heterocycles. The van der Waals surface area contributed by atoms with Gasteiger partial charge in [0.05, 0.1) is 24.3 Å². The number of aromatic nitrogens is 1. The molecule has 0 saturated carbocycles. The third kappa shape index (κ3) is 2.55. The average Bonchev–Trinajstić information content (AvgIpc) is 2.66. The largest absolute Gasteiger partial charge is 0.465 e. The van der Waals surface area contributed by atoms with E-state index >= 15 is 0 Å². The second-order valence-corrected chi connectivity index (χ2v) is 5.18. The summed E-state index contributed by atoms with van der Waals surface area (Å²) >= 11 is 0. The number of methoxy groups -OCH3 is 1. The molecule has 118 valence electrons. The van der Waals surface area contributed by atoms with Gasteiger partial charge in [-0.25, -0.2) is 9.78 Å². The van der Waals surface area contributed by atoms with E-state index in [0.717, 1.165) is 16.5 Å². The topological polar surface area (TPSA) is 75.0 Å². The Morgan fingerprint density at radius 3 is 2.58 bits per heavy atom. The molecule has 0 bridgehead atoms. The first-order valence-electron chi connectivity index (χ1n) is 7.38. The number of nitrogens with zero attached hydrogens (tertiary/aromatic N) is 2. The summed E-state index contributed by atoms with van der Waals surface area (Å²) in [7, 11) is 3.12. The zero-order chi connectivity index (χ0) is 17.1. The van der Waals surface area contributed by atoms with Crippen LogP contribution in [0.25, 0.3) is 21.9 Å². The Balaban J connectivity index is 2.31. The summed E-state index contributed by atoms with van der Waals surface area (Å²) in [5.41, 5.74) is 2.87. The van der Waals surface area contributed by atoms with Crippen molar-refractivity contribution in [2.24, 2.45) is 0 Å². The molecule has 1 heterocycles. The molecule has 24 heavy (non-hydrogen) atoms. The van der Waals surface area contributed by atoms with E-state index in [1.165, 1.54) is 7.11 Å². The van der Waals surface area contributed by atoms with Crippen molar-refractivity contribution in [1.82, 2.24) is 4.98 Å². The molecule has 1 N–H and O–H groups in total. The van der Waals surface area contributed by atoms with Crippen LogP contribution < -0.4 is 5.32 Å². The van der Waals surface area contributed by atoms with Gasteiger partial charge in [0.2, 0.25) is 0 Å². The van der Waals surface area contributed by atoms with Crippen LogP contribution in [0.3, 0.4) is 0 Å². The summed E-state index contributed by atoms with van der Waals surface area (Å²) in [5, 5.41) is 13.6. The molecule has 0 aliphatic rings. The molecule has 0 spiro atoms. The number of carbonyl (C=O) groups excluding carboxylic acids is 1. The highest BCUT2D eigenvalue weighted by Gasteiger charge is 2.16. The highest BCUT2D eigenvalue weighted by Crippen LogP contribution is 2.34. The molecule has 0 unspecified atom stereocenters. The minimum atomic E-state index is -0.407. The maximum Gasteiger partial charge on any atom is 0.338 e. The molecular weight excluding hydrogens is 302 g/mol. The Bertz CT molecular complexity index is 957. The molecule has 1 aromatic heterocycles. The van der Waals surface area contributed by atoms with Crippen LogP contribution in [0.5, 0.6) is 0 Å². The zero-order valence-electron chi connectivity index (χ0n) is 13.3. The number of carbonyl (C=O) groups is 1. The number of ether oxygens (including phenoxy) is 1. The molecule has 3 rings (SSSR count). The summed E-state index contributed by atoms with van der Waals surface area (Å²) in [6.45, 7) is 0. The summed E-state index contributed by atoms with van der Waals surface area (Å²) < 4.78 is 4.89. The molecule has 5 heteroatoms. The van der Waals surface area contributed by atoms with Gasteiger partial charge in [-0.05, 0) is 29.1 Å². The summed E-state index contributed by atoms with van der Waals surface area (Å²) in [4.78, 5) is 16.6. The van der Waals surface area contributed by atoms with Gasteiger partial charge < -0.3 is 10.1 Å². The summed E-state index contributed by atoms with van der Waals surface area (Å²) in [6.07, 6.45) is 1.76. The first-order chi connectivity index (χ1) is 11.7. The first kappa shape index (κ1) is 15.5. The predicted molar refractivity (Wildman–Crippen MR) is 92.8 cm³/mol. The van der Waals surface area contributed by atoms with E-state index in [9.17, 15) is 4.79 Å². The van der Waals surface area contributed by atoms with Crippen LogP contribution in [0.2, 0.25) is 0 Å². The van der Waals surface area contributed by atoms with Crippen molar-refractivity contribution in [1.29, 1.82) is 5.26 Å². The molecule has 0 aliphatic carbocycles. The van der Waals surface area contributed by atoms with Crippen molar-refractivity contribution < 1.29 is 9.53 Å². The molecule has 3 aromatic rings. The van der Waals surface area contributed by atoms with Crippen molar-refractivity contribution >= 4 is 22.6 Å². The van der Waals surface area contributed by atoms with Crippen LogP contribution in [0.1, 0.15) is 15.9 Å². The smallest absolute Gasteiger partial charge is 0.338 e. The van der Waals surface area contributed by atoms with E-state index in [-0.39, 0.29) is 0 Å². The maximum absolute atomic E-state index is 12.1. The van der Waals surface area contributed by atoms with Gasteiger partial charge in [-0.1, -0.05) is 24.3 Å². The van der Waals surface area contributed by atoms with E-state index in [0.29, 0.717) is 22.3 Å². The number of hydrogen-bond acceptors (Lipinski definition) is 5. The minimum Gasteiger partial charge on any atom is -0.465 e. The second kappa shape index (κ2) is 6.39. The van der Waals surface area contributed by atoms with Crippen molar-refractivity contribution in [2.45, 2.75) is 0 Å². The van der Waals surface area contributed by atoms with Gasteiger partial charge in [0, 0.05) is 24.2 Å². The van der Waals surface area contributed by atoms with Gasteiger partial charge in [-0.3, -0.25) is 0 Å². The molecule has 0 amide bonds. The van der Waals surface area contributed by atoms with Crippen LogP contribution in [-0.2, 0) is 4.74 Å². The SMILES string of the molecule is CNc1ncc(-c2ccc(C#N)cc2)c2cccc(C(=O)OC)c12. The highest BCUT2D eigenvalue weighted by molar-refractivity contribution is 6.12. The maximum atomic E-state index is 12.1. The van der Waals surface area contributed by atoms with E-state index < -0.39 is 5.97 Å².